The molecule has 0 aromatic heterocycles. The first-order valence-electron chi connectivity index (χ1n) is 4.46. The first kappa shape index (κ1) is 12.4. The Kier molecular flexibility index (Phi) is 3.78. The predicted molar refractivity (Wildman–Crippen MR) is 52.1 cm³/mol. The molecular formula is C10H11F2NO3. The van der Waals surface area contributed by atoms with Gasteiger partial charge in [-0.3, -0.25) is 4.79 Å². The van der Waals surface area contributed by atoms with Crippen molar-refractivity contribution in [3.63, 3.8) is 0 Å². The highest BCUT2D eigenvalue weighted by molar-refractivity contribution is 5.68. The SMILES string of the molecule is COc1ccc(F)c(F)c1C(N)CC(=O)O. The molecule has 1 aromatic carbocycles. The lowest BCUT2D eigenvalue weighted by Crippen LogP contribution is -2.18. The molecule has 0 aliphatic carbocycles. The van der Waals surface area contributed by atoms with Crippen LogP contribution in [0.3, 0.4) is 0 Å². The van der Waals surface area contributed by atoms with Crippen molar-refractivity contribution in [3.05, 3.63) is 29.3 Å². The Bertz CT molecular complexity index is 409. The summed E-state index contributed by atoms with van der Waals surface area (Å²) in [5, 5.41) is 8.53. The fourth-order valence-electron chi connectivity index (χ4n) is 1.36. The molecule has 1 atom stereocenters. The fourth-order valence-corrected chi connectivity index (χ4v) is 1.36. The Hall–Kier alpha value is -1.69. The number of carboxylic acid groups (broad SMARTS) is 1. The van der Waals surface area contributed by atoms with Crippen molar-refractivity contribution < 1.29 is 23.4 Å². The molecule has 1 rings (SSSR count). The lowest BCUT2D eigenvalue weighted by atomic mass is 10.0. The highest BCUT2D eigenvalue weighted by Gasteiger charge is 2.22. The molecule has 3 N–H and O–H groups in total. The lowest BCUT2D eigenvalue weighted by molar-refractivity contribution is -0.137. The zero-order valence-corrected chi connectivity index (χ0v) is 8.54. The molecule has 88 valence electrons. The normalized spacial score (nSPS) is 12.2. The number of halogens is 2. The average molecular weight is 231 g/mol. The van der Waals surface area contributed by atoms with Crippen molar-refractivity contribution in [1.29, 1.82) is 0 Å². The summed E-state index contributed by atoms with van der Waals surface area (Å²) in [6.07, 6.45) is -0.503. The Morgan fingerprint density at radius 2 is 2.19 bits per heavy atom. The van der Waals surface area contributed by atoms with Crippen molar-refractivity contribution in [3.8, 4) is 5.75 Å². The van der Waals surface area contributed by atoms with Gasteiger partial charge in [0.1, 0.15) is 5.75 Å². The molecule has 6 heteroatoms. The minimum Gasteiger partial charge on any atom is -0.496 e. The summed E-state index contributed by atoms with van der Waals surface area (Å²) >= 11 is 0. The largest absolute Gasteiger partial charge is 0.496 e. The van der Waals surface area contributed by atoms with Crippen molar-refractivity contribution in [2.24, 2.45) is 5.73 Å². The molecule has 16 heavy (non-hydrogen) atoms. The number of rotatable bonds is 4. The second kappa shape index (κ2) is 4.89. The van der Waals surface area contributed by atoms with E-state index in [9.17, 15) is 13.6 Å². The molecule has 0 saturated carbocycles. The summed E-state index contributed by atoms with van der Waals surface area (Å²) in [4.78, 5) is 10.4. The van der Waals surface area contributed by atoms with Gasteiger partial charge in [-0.2, -0.15) is 0 Å². The van der Waals surface area contributed by atoms with E-state index in [1.54, 1.807) is 0 Å². The van der Waals surface area contributed by atoms with E-state index in [-0.39, 0.29) is 11.3 Å². The van der Waals surface area contributed by atoms with Crippen LogP contribution in [0, 0.1) is 11.6 Å². The van der Waals surface area contributed by atoms with Crippen molar-refractivity contribution >= 4 is 5.97 Å². The Labute approximate surface area is 90.6 Å². The molecule has 0 heterocycles. The molecule has 0 saturated heterocycles. The van der Waals surface area contributed by atoms with Crippen molar-refractivity contribution in [1.82, 2.24) is 0 Å². The molecule has 1 aromatic rings. The van der Waals surface area contributed by atoms with Gasteiger partial charge in [0.15, 0.2) is 11.6 Å². The van der Waals surface area contributed by atoms with Gasteiger partial charge < -0.3 is 15.6 Å². The number of benzene rings is 1. The molecule has 0 spiro atoms. The summed E-state index contributed by atoms with van der Waals surface area (Å²) in [5.41, 5.74) is 5.22. The number of nitrogens with two attached hydrogens (primary N) is 1. The van der Waals surface area contributed by atoms with Gasteiger partial charge >= 0.3 is 5.97 Å². The first-order chi connectivity index (χ1) is 7.47. The van der Waals surface area contributed by atoms with Crippen LogP contribution in [0.25, 0.3) is 0 Å². The minimum atomic E-state index is -1.20. The molecule has 1 unspecified atom stereocenters. The standard InChI is InChI=1S/C10H11F2NO3/c1-16-7-3-2-5(11)10(12)9(7)6(13)4-8(14)15/h2-3,6H,4,13H2,1H3,(H,14,15). The van der Waals surface area contributed by atoms with Crippen LogP contribution in [0.2, 0.25) is 0 Å². The van der Waals surface area contributed by atoms with Crippen LogP contribution in [0.5, 0.6) is 5.75 Å². The maximum absolute atomic E-state index is 13.4. The molecular weight excluding hydrogens is 220 g/mol. The Morgan fingerprint density at radius 1 is 1.56 bits per heavy atom. The van der Waals surface area contributed by atoms with E-state index in [4.69, 9.17) is 15.6 Å². The maximum Gasteiger partial charge on any atom is 0.305 e. The van der Waals surface area contributed by atoms with Gasteiger partial charge in [0, 0.05) is 6.04 Å². The predicted octanol–water partition coefficient (Wildman–Crippen LogP) is 1.45. The van der Waals surface area contributed by atoms with Gasteiger partial charge in [0.25, 0.3) is 0 Å². The average Bonchev–Trinajstić information content (AvgIpc) is 2.20. The van der Waals surface area contributed by atoms with Crippen LogP contribution in [0.1, 0.15) is 18.0 Å². The second-order valence-electron chi connectivity index (χ2n) is 3.18. The van der Waals surface area contributed by atoms with Gasteiger partial charge in [0.2, 0.25) is 0 Å². The van der Waals surface area contributed by atoms with E-state index >= 15 is 0 Å². The van der Waals surface area contributed by atoms with Crippen LogP contribution in [-0.4, -0.2) is 18.2 Å². The molecule has 4 nitrogen and oxygen atoms in total. The summed E-state index contributed by atoms with van der Waals surface area (Å²) in [7, 11) is 1.27. The third-order valence-electron chi connectivity index (χ3n) is 2.08. The molecule has 0 aliphatic rings. The molecule has 0 bridgehead atoms. The van der Waals surface area contributed by atoms with E-state index in [0.29, 0.717) is 0 Å². The van der Waals surface area contributed by atoms with E-state index in [1.165, 1.54) is 13.2 Å². The molecule has 0 aliphatic heterocycles. The highest BCUT2D eigenvalue weighted by Crippen LogP contribution is 2.29. The van der Waals surface area contributed by atoms with Crippen molar-refractivity contribution in [2.75, 3.05) is 7.11 Å². The second-order valence-corrected chi connectivity index (χ2v) is 3.18. The van der Waals surface area contributed by atoms with E-state index < -0.39 is 30.1 Å². The maximum atomic E-state index is 13.4. The van der Waals surface area contributed by atoms with Gasteiger partial charge in [-0.25, -0.2) is 8.78 Å². The first-order valence-corrected chi connectivity index (χ1v) is 4.46. The lowest BCUT2D eigenvalue weighted by Gasteiger charge is -2.15. The van der Waals surface area contributed by atoms with E-state index in [1.807, 2.05) is 0 Å². The molecule has 0 fully saturated rings. The summed E-state index contributed by atoms with van der Waals surface area (Å²) in [5.74, 6) is -3.42. The van der Waals surface area contributed by atoms with Crippen LogP contribution < -0.4 is 10.5 Å². The third-order valence-corrected chi connectivity index (χ3v) is 2.08. The number of ether oxygens (including phenoxy) is 1. The number of aliphatic carboxylic acids is 1. The zero-order valence-electron chi connectivity index (χ0n) is 8.54. The van der Waals surface area contributed by atoms with Crippen LogP contribution >= 0.6 is 0 Å². The number of carboxylic acids is 1. The van der Waals surface area contributed by atoms with Crippen LogP contribution in [0.4, 0.5) is 8.78 Å². The van der Waals surface area contributed by atoms with Crippen molar-refractivity contribution in [2.45, 2.75) is 12.5 Å². The van der Waals surface area contributed by atoms with E-state index in [0.717, 1.165) is 6.07 Å². The summed E-state index contributed by atoms with van der Waals surface area (Å²) in [6.45, 7) is 0. The number of hydrogen-bond donors (Lipinski definition) is 2. The smallest absolute Gasteiger partial charge is 0.305 e. The Morgan fingerprint density at radius 3 is 2.69 bits per heavy atom. The highest BCUT2D eigenvalue weighted by atomic mass is 19.2. The molecule has 0 amide bonds. The van der Waals surface area contributed by atoms with Gasteiger partial charge in [-0.1, -0.05) is 0 Å². The minimum absolute atomic E-state index is 0.0349. The number of methoxy groups -OCH3 is 1. The van der Waals surface area contributed by atoms with Gasteiger partial charge in [0.05, 0.1) is 19.1 Å². The quantitative estimate of drug-likeness (QED) is 0.822. The number of hydrogen-bond acceptors (Lipinski definition) is 3. The fraction of sp³-hybridized carbons (Fsp3) is 0.300. The van der Waals surface area contributed by atoms with Crippen LogP contribution in [-0.2, 0) is 4.79 Å². The van der Waals surface area contributed by atoms with Gasteiger partial charge in [-0.15, -0.1) is 0 Å². The monoisotopic (exact) mass is 231 g/mol. The van der Waals surface area contributed by atoms with Gasteiger partial charge in [-0.05, 0) is 12.1 Å². The summed E-state index contributed by atoms with van der Waals surface area (Å²) < 4.78 is 31.2. The third kappa shape index (κ3) is 2.46. The topological polar surface area (TPSA) is 72.5 Å². The summed E-state index contributed by atoms with van der Waals surface area (Å²) in [6, 6.07) is 0.948. The molecule has 0 radical (unpaired) electrons. The Balaban J connectivity index is 3.18. The number of carbonyl (C=O) groups is 1. The van der Waals surface area contributed by atoms with Crippen LogP contribution in [0.15, 0.2) is 12.1 Å². The zero-order chi connectivity index (χ0) is 12.3. The van der Waals surface area contributed by atoms with E-state index in [2.05, 4.69) is 0 Å².